The van der Waals surface area contributed by atoms with Gasteiger partial charge in [-0.1, -0.05) is 48.5 Å². The maximum Gasteiger partial charge on any atom is 0.0661 e. The molecule has 0 aliphatic carbocycles. The molecule has 1 heterocycles. The lowest BCUT2D eigenvalue weighted by Crippen LogP contribution is -2.29. The zero-order chi connectivity index (χ0) is 14.2. The van der Waals surface area contributed by atoms with Crippen LogP contribution >= 0.6 is 0 Å². The second-order valence-electron chi connectivity index (χ2n) is 5.77. The van der Waals surface area contributed by atoms with Gasteiger partial charge < -0.3 is 9.67 Å². The molecule has 2 heteroatoms. The number of benzene rings is 2. The van der Waals surface area contributed by atoms with E-state index in [0.29, 0.717) is 0 Å². The van der Waals surface area contributed by atoms with Crippen LogP contribution in [0.1, 0.15) is 13.8 Å². The third-order valence-corrected chi connectivity index (χ3v) is 3.84. The van der Waals surface area contributed by atoms with E-state index in [9.17, 15) is 5.11 Å². The summed E-state index contributed by atoms with van der Waals surface area (Å²) >= 11 is 0. The second kappa shape index (κ2) is 4.80. The number of hydrogen-bond donors (Lipinski definition) is 1. The quantitative estimate of drug-likeness (QED) is 0.759. The Morgan fingerprint density at radius 3 is 2.30 bits per heavy atom. The van der Waals surface area contributed by atoms with Gasteiger partial charge in [-0.2, -0.15) is 0 Å². The van der Waals surface area contributed by atoms with Gasteiger partial charge in [-0.25, -0.2) is 0 Å². The number of aliphatic hydroxyl groups is 1. The minimum absolute atomic E-state index is 0.111. The number of aliphatic hydroxyl groups excluding tert-OH is 1. The largest absolute Gasteiger partial charge is 0.394 e. The summed E-state index contributed by atoms with van der Waals surface area (Å²) in [7, 11) is 0. The first-order valence-corrected chi connectivity index (χ1v) is 6.90. The zero-order valence-corrected chi connectivity index (χ0v) is 11.9. The van der Waals surface area contributed by atoms with Crippen molar-refractivity contribution < 1.29 is 5.11 Å². The fourth-order valence-corrected chi connectivity index (χ4v) is 2.60. The highest BCUT2D eigenvalue weighted by Crippen LogP contribution is 2.33. The molecule has 0 unspecified atom stereocenters. The molecule has 1 N–H and O–H groups in total. The smallest absolute Gasteiger partial charge is 0.0661 e. The first-order valence-electron chi connectivity index (χ1n) is 6.90. The molecule has 0 saturated heterocycles. The zero-order valence-electron chi connectivity index (χ0n) is 11.9. The fraction of sp³-hybridized carbons (Fsp3) is 0.222. The fourth-order valence-electron chi connectivity index (χ4n) is 2.60. The van der Waals surface area contributed by atoms with Gasteiger partial charge in [0.25, 0.3) is 0 Å². The average Bonchev–Trinajstić information content (AvgIpc) is 2.88. The minimum atomic E-state index is -0.313. The van der Waals surface area contributed by atoms with E-state index in [4.69, 9.17) is 0 Å². The van der Waals surface area contributed by atoms with E-state index in [0.717, 1.165) is 5.52 Å². The summed E-state index contributed by atoms with van der Waals surface area (Å²) in [6.07, 6.45) is 2.15. The molecule has 1 aromatic heterocycles. The van der Waals surface area contributed by atoms with Crippen molar-refractivity contribution in [3.8, 4) is 11.1 Å². The maximum absolute atomic E-state index is 9.67. The van der Waals surface area contributed by atoms with E-state index < -0.39 is 0 Å². The summed E-state index contributed by atoms with van der Waals surface area (Å²) in [5.41, 5.74) is 3.26. The summed E-state index contributed by atoms with van der Waals surface area (Å²) < 4.78 is 2.17. The Morgan fingerprint density at radius 1 is 0.950 bits per heavy atom. The van der Waals surface area contributed by atoms with Gasteiger partial charge in [0.2, 0.25) is 0 Å². The molecule has 0 radical (unpaired) electrons. The van der Waals surface area contributed by atoms with Crippen LogP contribution in [0, 0.1) is 0 Å². The van der Waals surface area contributed by atoms with Gasteiger partial charge in [-0.15, -0.1) is 0 Å². The Morgan fingerprint density at radius 2 is 1.60 bits per heavy atom. The first kappa shape index (κ1) is 12.9. The highest BCUT2D eigenvalue weighted by molar-refractivity contribution is 5.96. The lowest BCUT2D eigenvalue weighted by Gasteiger charge is -2.25. The van der Waals surface area contributed by atoms with Crippen LogP contribution in [-0.4, -0.2) is 16.3 Å². The SMILES string of the molecule is CC(C)(CO)n1cc(-c2ccccc2)c2ccccc21. The number of rotatable bonds is 3. The average molecular weight is 265 g/mol. The van der Waals surface area contributed by atoms with Gasteiger partial charge in [0, 0.05) is 22.7 Å². The molecule has 2 aromatic carbocycles. The van der Waals surface area contributed by atoms with Crippen LogP contribution in [0.25, 0.3) is 22.0 Å². The lowest BCUT2D eigenvalue weighted by atomic mass is 10.1. The van der Waals surface area contributed by atoms with Crippen LogP contribution in [0.15, 0.2) is 60.8 Å². The topological polar surface area (TPSA) is 25.2 Å². The summed E-state index contributed by atoms with van der Waals surface area (Å²) in [4.78, 5) is 0. The van der Waals surface area contributed by atoms with Crippen LogP contribution in [0.4, 0.5) is 0 Å². The van der Waals surface area contributed by atoms with Gasteiger partial charge >= 0.3 is 0 Å². The van der Waals surface area contributed by atoms with Crippen molar-refractivity contribution in [2.24, 2.45) is 0 Å². The molecule has 0 spiro atoms. The molecular weight excluding hydrogens is 246 g/mol. The van der Waals surface area contributed by atoms with E-state index >= 15 is 0 Å². The molecule has 0 aliphatic heterocycles. The summed E-state index contributed by atoms with van der Waals surface area (Å²) in [6.45, 7) is 4.21. The van der Waals surface area contributed by atoms with Crippen LogP contribution < -0.4 is 0 Å². The normalized spacial score (nSPS) is 11.9. The van der Waals surface area contributed by atoms with Crippen LogP contribution in [0.3, 0.4) is 0 Å². The van der Waals surface area contributed by atoms with E-state index in [1.807, 2.05) is 26.0 Å². The summed E-state index contributed by atoms with van der Waals surface area (Å²) in [5, 5.41) is 10.9. The van der Waals surface area contributed by atoms with E-state index in [1.54, 1.807) is 0 Å². The standard InChI is InChI=1S/C18H19NO/c1-18(2,13-20)19-12-16(14-8-4-3-5-9-14)15-10-6-7-11-17(15)19/h3-12,20H,13H2,1-2H3. The van der Waals surface area contributed by atoms with E-state index in [2.05, 4.69) is 53.2 Å². The Labute approximate surface area is 119 Å². The number of hydrogen-bond acceptors (Lipinski definition) is 1. The van der Waals surface area contributed by atoms with Crippen molar-refractivity contribution in [3.05, 3.63) is 60.8 Å². The van der Waals surface area contributed by atoms with E-state index in [-0.39, 0.29) is 12.1 Å². The van der Waals surface area contributed by atoms with Gasteiger partial charge in [-0.05, 0) is 25.5 Å². The summed E-state index contributed by atoms with van der Waals surface area (Å²) in [6, 6.07) is 18.7. The Bertz CT molecular complexity index is 726. The maximum atomic E-state index is 9.67. The van der Waals surface area contributed by atoms with Gasteiger partial charge in [0.05, 0.1) is 12.1 Å². The molecule has 0 aliphatic rings. The second-order valence-corrected chi connectivity index (χ2v) is 5.77. The van der Waals surface area contributed by atoms with Crippen molar-refractivity contribution in [2.75, 3.05) is 6.61 Å². The molecule has 0 fully saturated rings. The molecule has 2 nitrogen and oxygen atoms in total. The van der Waals surface area contributed by atoms with Gasteiger partial charge in [0.1, 0.15) is 0 Å². The van der Waals surface area contributed by atoms with Crippen molar-refractivity contribution >= 4 is 10.9 Å². The minimum Gasteiger partial charge on any atom is -0.394 e. The molecule has 0 saturated carbocycles. The third-order valence-electron chi connectivity index (χ3n) is 3.84. The Kier molecular flexibility index (Phi) is 3.11. The molecular formula is C18H19NO. The van der Waals surface area contributed by atoms with Gasteiger partial charge in [-0.3, -0.25) is 0 Å². The van der Waals surface area contributed by atoms with Crippen LogP contribution in [-0.2, 0) is 5.54 Å². The Hall–Kier alpha value is -2.06. The molecule has 0 atom stereocenters. The van der Waals surface area contributed by atoms with Crippen molar-refractivity contribution in [1.82, 2.24) is 4.57 Å². The predicted octanol–water partition coefficient (Wildman–Crippen LogP) is 4.04. The number of para-hydroxylation sites is 1. The number of aromatic nitrogens is 1. The number of fused-ring (bicyclic) bond motifs is 1. The molecule has 3 rings (SSSR count). The first-order chi connectivity index (χ1) is 9.63. The van der Waals surface area contributed by atoms with Crippen molar-refractivity contribution in [2.45, 2.75) is 19.4 Å². The van der Waals surface area contributed by atoms with Crippen LogP contribution in [0.2, 0.25) is 0 Å². The highest BCUT2D eigenvalue weighted by Gasteiger charge is 2.22. The third kappa shape index (κ3) is 2.02. The van der Waals surface area contributed by atoms with Crippen molar-refractivity contribution in [1.29, 1.82) is 0 Å². The molecule has 102 valence electrons. The number of nitrogens with zero attached hydrogens (tertiary/aromatic N) is 1. The van der Waals surface area contributed by atoms with Gasteiger partial charge in [0.15, 0.2) is 0 Å². The lowest BCUT2D eigenvalue weighted by molar-refractivity contribution is 0.168. The summed E-state index contributed by atoms with van der Waals surface area (Å²) in [5.74, 6) is 0. The van der Waals surface area contributed by atoms with E-state index in [1.165, 1.54) is 16.5 Å². The van der Waals surface area contributed by atoms with Crippen molar-refractivity contribution in [3.63, 3.8) is 0 Å². The Balaban J connectivity index is 2.30. The monoisotopic (exact) mass is 265 g/mol. The molecule has 3 aromatic rings. The molecule has 0 bridgehead atoms. The molecule has 20 heavy (non-hydrogen) atoms. The highest BCUT2D eigenvalue weighted by atomic mass is 16.3. The predicted molar refractivity (Wildman–Crippen MR) is 83.8 cm³/mol. The molecule has 0 amide bonds. The van der Waals surface area contributed by atoms with Crippen LogP contribution in [0.5, 0.6) is 0 Å².